The number of nitrogens with one attached hydrogen (secondary N) is 2. The van der Waals surface area contributed by atoms with E-state index in [0.29, 0.717) is 11.3 Å². The average molecular weight is 559 g/mol. The molecule has 1 spiro atoms. The molecular weight excluding hydrogens is 528 g/mol. The topological polar surface area (TPSA) is 126 Å². The highest BCUT2D eigenvalue weighted by Gasteiger charge is 2.45. The van der Waals surface area contributed by atoms with Crippen LogP contribution in [0.3, 0.4) is 0 Å². The minimum atomic E-state index is -3.44. The summed E-state index contributed by atoms with van der Waals surface area (Å²) in [5.41, 5.74) is 3.65. The summed E-state index contributed by atoms with van der Waals surface area (Å²) in [6, 6.07) is 16.3. The zero-order valence-corrected chi connectivity index (χ0v) is 23.2. The van der Waals surface area contributed by atoms with Gasteiger partial charge in [-0.1, -0.05) is 12.1 Å². The molecule has 1 amide bonds. The molecule has 2 fully saturated rings. The van der Waals surface area contributed by atoms with Gasteiger partial charge >= 0.3 is 0 Å². The number of carbonyl (C=O) groups is 1. The van der Waals surface area contributed by atoms with Gasteiger partial charge in [-0.15, -0.1) is 0 Å². The molecule has 0 radical (unpaired) electrons. The second kappa shape index (κ2) is 10.2. The van der Waals surface area contributed by atoms with Crippen LogP contribution in [0.25, 0.3) is 22.3 Å². The minimum absolute atomic E-state index is 0.120. The van der Waals surface area contributed by atoms with E-state index >= 15 is 0 Å². The van der Waals surface area contributed by atoms with E-state index in [0.717, 1.165) is 67.2 Å². The van der Waals surface area contributed by atoms with Gasteiger partial charge < -0.3 is 20.3 Å². The van der Waals surface area contributed by atoms with E-state index in [1.165, 1.54) is 6.07 Å². The lowest BCUT2D eigenvalue weighted by Crippen LogP contribution is -2.70. The van der Waals surface area contributed by atoms with E-state index in [4.69, 9.17) is 14.7 Å². The summed E-state index contributed by atoms with van der Waals surface area (Å²) in [6.07, 6.45) is 2.86. The van der Waals surface area contributed by atoms with Crippen LogP contribution in [0.2, 0.25) is 0 Å². The van der Waals surface area contributed by atoms with Crippen LogP contribution >= 0.6 is 0 Å². The summed E-state index contributed by atoms with van der Waals surface area (Å²) >= 11 is 0. The molecule has 2 N–H and O–H groups in total. The molecule has 5 heterocycles. The Kier molecular flexibility index (Phi) is 6.73. The maximum Gasteiger partial charge on any atom is 0.251 e. The van der Waals surface area contributed by atoms with Crippen molar-refractivity contribution >= 4 is 32.5 Å². The van der Waals surface area contributed by atoms with Crippen LogP contribution in [0.1, 0.15) is 21.6 Å². The Morgan fingerprint density at radius 3 is 2.70 bits per heavy atom. The lowest BCUT2D eigenvalue weighted by atomic mass is 9.92. The Morgan fingerprint density at radius 1 is 1.10 bits per heavy atom. The van der Waals surface area contributed by atoms with E-state index in [1.54, 1.807) is 25.3 Å². The number of nitrogens with zero attached hydrogens (tertiary/aromatic N) is 4. The summed E-state index contributed by atoms with van der Waals surface area (Å²) in [5, 5.41) is 7.11. The Morgan fingerprint density at radius 2 is 1.93 bits per heavy atom. The van der Waals surface area contributed by atoms with Gasteiger partial charge in [-0.25, -0.2) is 18.4 Å². The molecule has 4 aromatic rings. The van der Waals surface area contributed by atoms with Crippen molar-refractivity contribution in [3.8, 4) is 11.4 Å². The van der Waals surface area contributed by atoms with E-state index in [2.05, 4.69) is 20.5 Å². The number of benzene rings is 1. The number of carbonyl (C=O) groups excluding carboxylic acids is 1. The molecule has 2 aliphatic rings. The monoisotopic (exact) mass is 558 g/mol. The summed E-state index contributed by atoms with van der Waals surface area (Å²) in [5.74, 6) is 0.518. The molecule has 1 aromatic carbocycles. The van der Waals surface area contributed by atoms with Crippen LogP contribution in [0.4, 0.5) is 5.82 Å². The van der Waals surface area contributed by atoms with Crippen molar-refractivity contribution in [1.82, 2.24) is 25.6 Å². The minimum Gasteiger partial charge on any atom is -0.369 e. The molecule has 10 nitrogen and oxygen atoms in total. The summed E-state index contributed by atoms with van der Waals surface area (Å²) < 4.78 is 30.1. The van der Waals surface area contributed by atoms with Crippen molar-refractivity contribution in [2.45, 2.75) is 24.0 Å². The molecule has 2 aliphatic heterocycles. The van der Waals surface area contributed by atoms with Gasteiger partial charge in [0, 0.05) is 36.5 Å². The number of aromatic nitrogens is 3. The van der Waals surface area contributed by atoms with Crippen molar-refractivity contribution in [2.75, 3.05) is 43.9 Å². The number of aryl methyl sites for hydroxylation is 1. The Balaban J connectivity index is 1.17. The third-order valence-corrected chi connectivity index (χ3v) is 8.56. The normalized spacial score (nSPS) is 16.6. The molecule has 6 rings (SSSR count). The first-order chi connectivity index (χ1) is 19.2. The number of amides is 1. The van der Waals surface area contributed by atoms with Gasteiger partial charge in [0.15, 0.2) is 9.84 Å². The van der Waals surface area contributed by atoms with Crippen molar-refractivity contribution in [3.05, 3.63) is 77.6 Å². The number of rotatable bonds is 6. The van der Waals surface area contributed by atoms with E-state index < -0.39 is 9.84 Å². The molecule has 3 aromatic heterocycles. The highest BCUT2D eigenvalue weighted by atomic mass is 32.2. The van der Waals surface area contributed by atoms with Gasteiger partial charge in [-0.3, -0.25) is 9.78 Å². The predicted molar refractivity (Wildman–Crippen MR) is 152 cm³/mol. The van der Waals surface area contributed by atoms with Gasteiger partial charge in [-0.05, 0) is 55.0 Å². The first-order valence-electron chi connectivity index (χ1n) is 13.1. The van der Waals surface area contributed by atoms with Crippen molar-refractivity contribution in [2.24, 2.45) is 0 Å². The van der Waals surface area contributed by atoms with Crippen LogP contribution in [0, 0.1) is 6.92 Å². The standard InChI is InChI=1S/C29H30N6O4S/c1-19-6-7-20(12-26(19)40(2,37)38)28(36)32-15-22-13-25-21(14-31-22)8-9-24(33-25)23-4-3-5-27(34-23)35-17-29(18-35)16-30-10-11-39-29/h3-9,12-14,30H,10-11,15-18H2,1-2H3,(H,32,36). The molecule has 0 aliphatic carbocycles. The van der Waals surface area contributed by atoms with Crippen molar-refractivity contribution in [3.63, 3.8) is 0 Å². The number of pyridine rings is 3. The van der Waals surface area contributed by atoms with Gasteiger partial charge in [-0.2, -0.15) is 0 Å². The highest BCUT2D eigenvalue weighted by Crippen LogP contribution is 2.31. The van der Waals surface area contributed by atoms with E-state index in [-0.39, 0.29) is 28.5 Å². The zero-order valence-electron chi connectivity index (χ0n) is 22.3. The highest BCUT2D eigenvalue weighted by molar-refractivity contribution is 7.90. The largest absolute Gasteiger partial charge is 0.369 e. The van der Waals surface area contributed by atoms with Crippen LogP contribution in [0.5, 0.6) is 0 Å². The maximum atomic E-state index is 12.8. The lowest BCUT2D eigenvalue weighted by Gasteiger charge is -2.52. The predicted octanol–water partition coefficient (Wildman–Crippen LogP) is 2.51. The van der Waals surface area contributed by atoms with E-state index in [9.17, 15) is 13.2 Å². The molecule has 40 heavy (non-hydrogen) atoms. The van der Waals surface area contributed by atoms with Crippen LogP contribution < -0.4 is 15.5 Å². The Labute approximate surface area is 232 Å². The molecule has 0 saturated carbocycles. The van der Waals surface area contributed by atoms with Crippen LogP contribution in [-0.2, 0) is 21.1 Å². The fourth-order valence-electron chi connectivity index (χ4n) is 5.17. The molecule has 2 saturated heterocycles. The lowest BCUT2D eigenvalue weighted by molar-refractivity contribution is -0.0831. The number of anilines is 1. The molecule has 0 atom stereocenters. The number of morpholine rings is 1. The number of hydrogen-bond donors (Lipinski definition) is 2. The first-order valence-corrected chi connectivity index (χ1v) is 15.0. The molecule has 206 valence electrons. The summed E-state index contributed by atoms with van der Waals surface area (Å²) in [4.78, 5) is 29.3. The van der Waals surface area contributed by atoms with Crippen LogP contribution in [-0.4, -0.2) is 73.9 Å². The molecule has 0 bridgehead atoms. The number of hydrogen-bond acceptors (Lipinski definition) is 9. The second-order valence-electron chi connectivity index (χ2n) is 10.4. The Hall–Kier alpha value is -3.93. The van der Waals surface area contributed by atoms with Crippen molar-refractivity contribution < 1.29 is 17.9 Å². The molecule has 0 unspecified atom stereocenters. The number of sulfone groups is 1. The molecule has 11 heteroatoms. The fourth-order valence-corrected chi connectivity index (χ4v) is 6.17. The number of fused-ring (bicyclic) bond motifs is 1. The van der Waals surface area contributed by atoms with Crippen LogP contribution in [0.15, 0.2) is 65.7 Å². The summed E-state index contributed by atoms with van der Waals surface area (Å²) in [6.45, 7) is 5.98. The van der Waals surface area contributed by atoms with E-state index in [1.807, 2.05) is 36.4 Å². The average Bonchev–Trinajstić information content (AvgIpc) is 2.94. The van der Waals surface area contributed by atoms with Gasteiger partial charge in [0.2, 0.25) is 0 Å². The van der Waals surface area contributed by atoms with Gasteiger partial charge in [0.05, 0.1) is 53.7 Å². The van der Waals surface area contributed by atoms with Gasteiger partial charge in [0.25, 0.3) is 5.91 Å². The Bertz CT molecular complexity index is 1710. The van der Waals surface area contributed by atoms with Gasteiger partial charge in [0.1, 0.15) is 11.4 Å². The zero-order chi connectivity index (χ0) is 27.9. The summed E-state index contributed by atoms with van der Waals surface area (Å²) in [7, 11) is -3.44. The quantitative estimate of drug-likeness (QED) is 0.367. The SMILES string of the molecule is Cc1ccc(C(=O)NCc2cc3nc(-c4cccc(N5CC6(CNCCO6)C5)n4)ccc3cn2)cc1S(C)(=O)=O. The van der Waals surface area contributed by atoms with Crippen molar-refractivity contribution in [1.29, 1.82) is 0 Å². The first kappa shape index (κ1) is 26.3. The third-order valence-electron chi connectivity index (χ3n) is 7.32. The third kappa shape index (κ3) is 5.27. The molecular formula is C29H30N6O4S. The second-order valence-corrected chi connectivity index (χ2v) is 12.4. The smallest absolute Gasteiger partial charge is 0.251 e. The maximum absolute atomic E-state index is 12.8. The number of ether oxygens (including phenoxy) is 1. The fraction of sp³-hybridized carbons (Fsp3) is 0.310.